The largest absolute Gasteiger partial charge is 0.447 e. The number of hydrogen-bond donors (Lipinski definition) is 1. The summed E-state index contributed by atoms with van der Waals surface area (Å²) < 4.78 is 6.44. The fourth-order valence-corrected chi connectivity index (χ4v) is 3.19. The fourth-order valence-electron chi connectivity index (χ4n) is 3.19. The quantitative estimate of drug-likeness (QED) is 0.727. The second kappa shape index (κ2) is 8.02. The number of carbonyl (C=O) groups excluding carboxylic acids is 2. The van der Waals surface area contributed by atoms with Crippen LogP contribution in [0.25, 0.3) is 0 Å². The summed E-state index contributed by atoms with van der Waals surface area (Å²) in [5, 5.41) is 2.74. The number of benzene rings is 2. The van der Waals surface area contributed by atoms with Crippen molar-refractivity contribution in [2.75, 3.05) is 23.4 Å². The Morgan fingerprint density at radius 1 is 1.00 bits per heavy atom. The zero-order valence-electron chi connectivity index (χ0n) is 15.6. The number of cyclic esters (lactones) is 1. The summed E-state index contributed by atoms with van der Waals surface area (Å²) in [6.45, 7) is 1.17. The van der Waals surface area contributed by atoms with Crippen LogP contribution in [0.5, 0.6) is 0 Å². The minimum absolute atomic E-state index is 0.0504. The molecule has 1 aromatic heterocycles. The van der Waals surface area contributed by atoms with Crippen LogP contribution in [-0.4, -0.2) is 29.7 Å². The molecule has 29 heavy (non-hydrogen) atoms. The van der Waals surface area contributed by atoms with Crippen LogP contribution in [0.1, 0.15) is 15.9 Å². The van der Waals surface area contributed by atoms with E-state index in [9.17, 15) is 14.4 Å². The third-order valence-corrected chi connectivity index (χ3v) is 4.64. The van der Waals surface area contributed by atoms with Crippen LogP contribution in [-0.2, 0) is 11.3 Å². The molecule has 0 bridgehead atoms. The predicted octanol–water partition coefficient (Wildman–Crippen LogP) is 3.11. The lowest BCUT2D eigenvalue weighted by molar-refractivity contribution is 0.102. The van der Waals surface area contributed by atoms with Gasteiger partial charge in [-0.3, -0.25) is 14.5 Å². The van der Waals surface area contributed by atoms with Crippen molar-refractivity contribution in [1.82, 2.24) is 4.57 Å². The number of ether oxygens (including phenoxy) is 1. The van der Waals surface area contributed by atoms with Crippen LogP contribution < -0.4 is 15.8 Å². The molecule has 1 saturated heterocycles. The summed E-state index contributed by atoms with van der Waals surface area (Å²) in [7, 11) is 0. The van der Waals surface area contributed by atoms with Crippen molar-refractivity contribution in [3.63, 3.8) is 0 Å². The van der Waals surface area contributed by atoms with Crippen molar-refractivity contribution in [2.24, 2.45) is 0 Å². The lowest BCUT2D eigenvalue weighted by Gasteiger charge is -2.14. The van der Waals surface area contributed by atoms with Crippen LogP contribution in [0.15, 0.2) is 77.7 Å². The maximum Gasteiger partial charge on any atom is 0.414 e. The van der Waals surface area contributed by atoms with Gasteiger partial charge in [0.05, 0.1) is 13.1 Å². The Morgan fingerprint density at radius 3 is 2.59 bits per heavy atom. The minimum Gasteiger partial charge on any atom is -0.447 e. The molecule has 3 aromatic rings. The van der Waals surface area contributed by atoms with Crippen LogP contribution >= 0.6 is 0 Å². The van der Waals surface area contributed by atoms with Crippen LogP contribution in [0.4, 0.5) is 16.2 Å². The SMILES string of the molecule is O=C(Nc1cccc(N2CCOC2=O)c1)c1cccn(Cc2ccccc2)c1=O. The fraction of sp³-hybridized carbons (Fsp3) is 0.136. The van der Waals surface area contributed by atoms with E-state index < -0.39 is 12.0 Å². The number of carbonyl (C=O) groups is 2. The Hall–Kier alpha value is -3.87. The van der Waals surface area contributed by atoms with E-state index in [2.05, 4.69) is 5.32 Å². The van der Waals surface area contributed by atoms with Gasteiger partial charge in [0.2, 0.25) is 0 Å². The summed E-state index contributed by atoms with van der Waals surface area (Å²) in [6.07, 6.45) is 1.24. The van der Waals surface area contributed by atoms with E-state index in [0.717, 1.165) is 5.56 Å². The van der Waals surface area contributed by atoms with E-state index in [1.54, 1.807) is 36.5 Å². The Balaban J connectivity index is 1.54. The normalized spacial score (nSPS) is 13.2. The minimum atomic E-state index is -0.501. The second-order valence-corrected chi connectivity index (χ2v) is 6.61. The molecule has 2 aromatic carbocycles. The Bertz CT molecular complexity index is 1110. The molecule has 7 heteroatoms. The summed E-state index contributed by atoms with van der Waals surface area (Å²) in [4.78, 5) is 38.7. The zero-order valence-corrected chi connectivity index (χ0v) is 15.6. The number of pyridine rings is 1. The smallest absolute Gasteiger partial charge is 0.414 e. The van der Waals surface area contributed by atoms with E-state index in [1.165, 1.54) is 15.5 Å². The van der Waals surface area contributed by atoms with Gasteiger partial charge in [-0.05, 0) is 35.9 Å². The predicted molar refractivity (Wildman–Crippen MR) is 109 cm³/mol. The summed E-state index contributed by atoms with van der Waals surface area (Å²) in [5.41, 5.74) is 1.77. The lowest BCUT2D eigenvalue weighted by Crippen LogP contribution is -2.29. The first kappa shape index (κ1) is 18.5. The molecular weight excluding hydrogens is 370 g/mol. The first-order chi connectivity index (χ1) is 14.1. The molecule has 2 heterocycles. The third kappa shape index (κ3) is 4.03. The molecule has 146 valence electrons. The number of aromatic nitrogens is 1. The standard InChI is InChI=1S/C22H19N3O4/c26-20(23-17-8-4-9-18(14-17)25-12-13-29-22(25)28)19-10-5-11-24(21(19)27)15-16-6-2-1-3-7-16/h1-11,14H,12-13,15H2,(H,23,26). The third-order valence-electron chi connectivity index (χ3n) is 4.64. The molecule has 0 radical (unpaired) electrons. The highest BCUT2D eigenvalue weighted by Gasteiger charge is 2.23. The number of anilines is 2. The van der Waals surface area contributed by atoms with E-state index in [1.807, 2.05) is 30.3 Å². The van der Waals surface area contributed by atoms with Crippen molar-refractivity contribution in [1.29, 1.82) is 0 Å². The van der Waals surface area contributed by atoms with Gasteiger partial charge < -0.3 is 14.6 Å². The first-order valence-electron chi connectivity index (χ1n) is 9.21. The molecule has 7 nitrogen and oxygen atoms in total. The van der Waals surface area contributed by atoms with Gasteiger partial charge in [-0.25, -0.2) is 4.79 Å². The van der Waals surface area contributed by atoms with Crippen molar-refractivity contribution >= 4 is 23.4 Å². The molecule has 1 fully saturated rings. The van der Waals surface area contributed by atoms with Gasteiger partial charge in [-0.1, -0.05) is 36.4 Å². The highest BCUT2D eigenvalue weighted by molar-refractivity contribution is 6.04. The summed E-state index contributed by atoms with van der Waals surface area (Å²) in [5.74, 6) is -0.501. The monoisotopic (exact) mass is 389 g/mol. The van der Waals surface area contributed by atoms with Gasteiger partial charge in [0.25, 0.3) is 11.5 Å². The van der Waals surface area contributed by atoms with E-state index in [-0.39, 0.29) is 11.1 Å². The summed E-state index contributed by atoms with van der Waals surface area (Å²) >= 11 is 0. The number of rotatable bonds is 5. The second-order valence-electron chi connectivity index (χ2n) is 6.61. The van der Waals surface area contributed by atoms with Gasteiger partial charge in [-0.15, -0.1) is 0 Å². The average molecular weight is 389 g/mol. The Morgan fingerprint density at radius 2 is 1.83 bits per heavy atom. The van der Waals surface area contributed by atoms with Gasteiger partial charge in [0, 0.05) is 17.6 Å². The van der Waals surface area contributed by atoms with Crippen LogP contribution in [0.2, 0.25) is 0 Å². The maximum atomic E-state index is 12.8. The number of hydrogen-bond acceptors (Lipinski definition) is 4. The van der Waals surface area contributed by atoms with Crippen molar-refractivity contribution in [3.05, 3.63) is 94.4 Å². The molecular formula is C22H19N3O4. The van der Waals surface area contributed by atoms with Crippen molar-refractivity contribution < 1.29 is 14.3 Å². The molecule has 0 spiro atoms. The molecule has 1 aliphatic rings. The average Bonchev–Trinajstić information content (AvgIpc) is 3.16. The van der Waals surface area contributed by atoms with Gasteiger partial charge in [0.15, 0.2) is 0 Å². The molecule has 0 atom stereocenters. The van der Waals surface area contributed by atoms with Gasteiger partial charge in [0.1, 0.15) is 12.2 Å². The molecule has 1 N–H and O–H groups in total. The highest BCUT2D eigenvalue weighted by Crippen LogP contribution is 2.22. The first-order valence-corrected chi connectivity index (χ1v) is 9.21. The summed E-state index contributed by atoms with van der Waals surface area (Å²) in [6, 6.07) is 19.6. The highest BCUT2D eigenvalue weighted by atomic mass is 16.6. The van der Waals surface area contributed by atoms with Crippen LogP contribution in [0, 0.1) is 0 Å². The number of nitrogens with one attached hydrogen (secondary N) is 1. The van der Waals surface area contributed by atoms with E-state index in [0.29, 0.717) is 31.1 Å². The molecule has 4 rings (SSSR count). The molecule has 1 aliphatic heterocycles. The zero-order chi connectivity index (χ0) is 20.2. The molecule has 0 saturated carbocycles. The Kier molecular flexibility index (Phi) is 5.11. The van der Waals surface area contributed by atoms with Crippen LogP contribution in [0.3, 0.4) is 0 Å². The van der Waals surface area contributed by atoms with E-state index >= 15 is 0 Å². The molecule has 2 amide bonds. The van der Waals surface area contributed by atoms with Crippen molar-refractivity contribution in [2.45, 2.75) is 6.54 Å². The topological polar surface area (TPSA) is 80.6 Å². The maximum absolute atomic E-state index is 12.8. The van der Waals surface area contributed by atoms with Crippen molar-refractivity contribution in [3.8, 4) is 0 Å². The molecule has 0 unspecified atom stereocenters. The number of amides is 2. The van der Waals surface area contributed by atoms with Gasteiger partial charge >= 0.3 is 6.09 Å². The Labute approximate surface area is 167 Å². The van der Waals surface area contributed by atoms with Gasteiger partial charge in [-0.2, -0.15) is 0 Å². The molecule has 0 aliphatic carbocycles. The van der Waals surface area contributed by atoms with E-state index in [4.69, 9.17) is 4.74 Å². The lowest BCUT2D eigenvalue weighted by atomic mass is 10.2. The number of nitrogens with zero attached hydrogens (tertiary/aromatic N) is 2.